The lowest BCUT2D eigenvalue weighted by molar-refractivity contribution is -0.116. The van der Waals surface area contributed by atoms with Crippen LogP contribution in [0.3, 0.4) is 0 Å². The van der Waals surface area contributed by atoms with Crippen molar-refractivity contribution in [2.24, 2.45) is 0 Å². The summed E-state index contributed by atoms with van der Waals surface area (Å²) in [6, 6.07) is 7.48. The van der Waals surface area contributed by atoms with Crippen molar-refractivity contribution in [3.8, 4) is 17.2 Å². The number of pyridine rings is 1. The summed E-state index contributed by atoms with van der Waals surface area (Å²) in [6.45, 7) is 3.39. The second-order valence-electron chi connectivity index (χ2n) is 9.23. The van der Waals surface area contributed by atoms with Crippen LogP contribution in [0.1, 0.15) is 43.2 Å². The van der Waals surface area contributed by atoms with Crippen LogP contribution in [0.25, 0.3) is 0 Å². The number of amides is 3. The van der Waals surface area contributed by atoms with Crippen molar-refractivity contribution in [2.75, 3.05) is 18.5 Å². The number of carbonyl (C=O) groups is 2. The molecule has 1 unspecified atom stereocenters. The van der Waals surface area contributed by atoms with E-state index in [-0.39, 0.29) is 29.9 Å². The van der Waals surface area contributed by atoms with E-state index in [9.17, 15) is 9.59 Å². The summed E-state index contributed by atoms with van der Waals surface area (Å²) in [4.78, 5) is 28.5. The molecule has 3 atom stereocenters. The maximum Gasteiger partial charge on any atom is 0.315 e. The molecule has 1 saturated heterocycles. The van der Waals surface area contributed by atoms with Crippen molar-refractivity contribution >= 4 is 17.8 Å². The van der Waals surface area contributed by atoms with Gasteiger partial charge in [0.15, 0.2) is 0 Å². The number of urea groups is 1. The highest BCUT2D eigenvalue weighted by molar-refractivity contribution is 5.93. The van der Waals surface area contributed by atoms with Crippen molar-refractivity contribution in [3.05, 3.63) is 41.6 Å². The highest BCUT2D eigenvalue weighted by atomic mass is 16.5. The van der Waals surface area contributed by atoms with Crippen LogP contribution in [0.2, 0.25) is 0 Å². The van der Waals surface area contributed by atoms with Gasteiger partial charge in [0.1, 0.15) is 28.7 Å². The molecule has 9 nitrogen and oxygen atoms in total. The number of hydrogen-bond donors (Lipinski definition) is 3. The van der Waals surface area contributed by atoms with Gasteiger partial charge in [-0.2, -0.15) is 0 Å². The first-order valence-corrected chi connectivity index (χ1v) is 11.4. The average molecular weight is 450 g/mol. The lowest BCUT2D eigenvalue weighted by Crippen LogP contribution is -2.47. The van der Waals surface area contributed by atoms with Crippen LogP contribution in [0.15, 0.2) is 30.5 Å². The molecule has 6 rings (SSSR count). The van der Waals surface area contributed by atoms with Gasteiger partial charge in [0.2, 0.25) is 5.91 Å². The fourth-order valence-corrected chi connectivity index (χ4v) is 5.18. The van der Waals surface area contributed by atoms with Gasteiger partial charge in [0.05, 0.1) is 12.0 Å². The van der Waals surface area contributed by atoms with Crippen LogP contribution in [0.5, 0.6) is 17.2 Å². The molecular formula is C24H26N4O5. The van der Waals surface area contributed by atoms with Crippen molar-refractivity contribution in [3.63, 3.8) is 0 Å². The SMILES string of the molecule is CC12Oc3ccc(Oc4ccnc5c4CCC(=O)N5)cc3[C@H]1[C@@H]2NC(=O)NC1CCOCC1. The van der Waals surface area contributed by atoms with E-state index in [1.165, 1.54) is 0 Å². The summed E-state index contributed by atoms with van der Waals surface area (Å²) in [5, 5.41) is 8.94. The van der Waals surface area contributed by atoms with Crippen molar-refractivity contribution in [2.45, 2.75) is 56.2 Å². The van der Waals surface area contributed by atoms with E-state index in [1.54, 1.807) is 6.20 Å². The Morgan fingerprint density at radius 2 is 2.06 bits per heavy atom. The summed E-state index contributed by atoms with van der Waals surface area (Å²) in [6.07, 6.45) is 4.30. The van der Waals surface area contributed by atoms with Gasteiger partial charge in [-0.1, -0.05) is 0 Å². The number of anilines is 1. The summed E-state index contributed by atoms with van der Waals surface area (Å²) in [7, 11) is 0. The Labute approximate surface area is 191 Å². The second kappa shape index (κ2) is 7.62. The minimum atomic E-state index is -0.450. The third-order valence-corrected chi connectivity index (χ3v) is 7.05. The van der Waals surface area contributed by atoms with E-state index < -0.39 is 5.60 Å². The Balaban J connectivity index is 1.16. The fraction of sp³-hybridized carbons (Fsp3) is 0.458. The Bertz CT molecular complexity index is 1130. The normalized spacial score (nSPS) is 27.4. The van der Waals surface area contributed by atoms with E-state index in [4.69, 9.17) is 14.2 Å². The Hall–Kier alpha value is -3.33. The topological polar surface area (TPSA) is 111 Å². The molecule has 0 bridgehead atoms. The van der Waals surface area contributed by atoms with Crippen LogP contribution >= 0.6 is 0 Å². The van der Waals surface area contributed by atoms with Gasteiger partial charge in [0, 0.05) is 43.0 Å². The summed E-state index contributed by atoms with van der Waals surface area (Å²) in [5.74, 6) is 2.79. The molecule has 0 radical (unpaired) electrons. The van der Waals surface area contributed by atoms with Gasteiger partial charge in [-0.3, -0.25) is 4.79 Å². The molecule has 3 aliphatic heterocycles. The first-order valence-electron chi connectivity index (χ1n) is 11.4. The molecule has 2 aromatic rings. The molecule has 3 N–H and O–H groups in total. The lowest BCUT2D eigenvalue weighted by Gasteiger charge is -2.24. The fourth-order valence-electron chi connectivity index (χ4n) is 5.18. The molecule has 4 aliphatic rings. The van der Waals surface area contributed by atoms with Crippen LogP contribution < -0.4 is 25.4 Å². The third-order valence-electron chi connectivity index (χ3n) is 7.05. The van der Waals surface area contributed by atoms with Crippen LogP contribution in [0.4, 0.5) is 10.6 Å². The number of ether oxygens (including phenoxy) is 3. The predicted molar refractivity (Wildman–Crippen MR) is 119 cm³/mol. The van der Waals surface area contributed by atoms with E-state index in [0.717, 1.165) is 29.7 Å². The van der Waals surface area contributed by atoms with Gasteiger partial charge in [0.25, 0.3) is 0 Å². The standard InChI is InChI=1S/C24H26N4O5/c1-24-20(21(24)28-23(30)26-13-7-10-31-11-8-13)16-12-14(2-4-18(16)33-24)32-17-6-9-25-22-15(17)3-5-19(29)27-22/h2,4,6,9,12-13,20-21H,3,5,7-8,10-11H2,1H3,(H,25,27,29)(H2,26,28,30)/t20-,21-,24?/m0/s1. The second-order valence-corrected chi connectivity index (χ2v) is 9.23. The van der Waals surface area contributed by atoms with E-state index >= 15 is 0 Å². The monoisotopic (exact) mass is 450 g/mol. The van der Waals surface area contributed by atoms with Gasteiger partial charge in [-0.25, -0.2) is 9.78 Å². The Morgan fingerprint density at radius 1 is 1.21 bits per heavy atom. The van der Waals surface area contributed by atoms with E-state index in [1.807, 2.05) is 31.2 Å². The van der Waals surface area contributed by atoms with E-state index in [0.29, 0.717) is 43.4 Å². The van der Waals surface area contributed by atoms with Gasteiger partial charge in [-0.05, 0) is 50.5 Å². The number of hydrogen-bond acceptors (Lipinski definition) is 6. The zero-order valence-electron chi connectivity index (χ0n) is 18.3. The van der Waals surface area contributed by atoms with Crippen LogP contribution in [-0.2, 0) is 16.0 Å². The maximum absolute atomic E-state index is 12.5. The molecule has 1 aromatic heterocycles. The zero-order valence-corrected chi connectivity index (χ0v) is 18.3. The summed E-state index contributed by atoms with van der Waals surface area (Å²) in [5.41, 5.74) is 1.48. The maximum atomic E-state index is 12.5. The number of rotatable bonds is 4. The predicted octanol–water partition coefficient (Wildman–Crippen LogP) is 2.85. The largest absolute Gasteiger partial charge is 0.484 e. The molecule has 1 aliphatic carbocycles. The Kier molecular flexibility index (Phi) is 4.69. The number of nitrogens with zero attached hydrogens (tertiary/aromatic N) is 1. The van der Waals surface area contributed by atoms with Gasteiger partial charge >= 0.3 is 6.03 Å². The molecule has 33 heavy (non-hydrogen) atoms. The highest BCUT2D eigenvalue weighted by Crippen LogP contribution is 2.62. The minimum Gasteiger partial charge on any atom is -0.484 e. The summed E-state index contributed by atoms with van der Waals surface area (Å²) >= 11 is 0. The van der Waals surface area contributed by atoms with Crippen LogP contribution in [-0.4, -0.2) is 47.8 Å². The van der Waals surface area contributed by atoms with Crippen molar-refractivity contribution in [1.29, 1.82) is 0 Å². The lowest BCUT2D eigenvalue weighted by atomic mass is 10.1. The van der Waals surface area contributed by atoms with Gasteiger partial charge in [-0.15, -0.1) is 0 Å². The number of carbonyl (C=O) groups excluding carboxylic acids is 2. The molecule has 9 heteroatoms. The smallest absolute Gasteiger partial charge is 0.315 e. The molecule has 172 valence electrons. The molecule has 1 saturated carbocycles. The highest BCUT2D eigenvalue weighted by Gasteiger charge is 2.70. The molecule has 2 fully saturated rings. The molecule has 1 aromatic carbocycles. The minimum absolute atomic E-state index is 0.0331. The van der Waals surface area contributed by atoms with Crippen molar-refractivity contribution in [1.82, 2.24) is 15.6 Å². The molecule has 0 spiro atoms. The third kappa shape index (κ3) is 3.56. The molecule has 3 amide bonds. The molecule has 4 heterocycles. The summed E-state index contributed by atoms with van der Waals surface area (Å²) < 4.78 is 17.8. The first kappa shape index (κ1) is 20.3. The average Bonchev–Trinajstić information content (AvgIpc) is 3.22. The number of fused-ring (bicyclic) bond motifs is 4. The number of benzene rings is 1. The van der Waals surface area contributed by atoms with Crippen LogP contribution in [0, 0.1) is 0 Å². The van der Waals surface area contributed by atoms with Crippen molar-refractivity contribution < 1.29 is 23.8 Å². The first-order chi connectivity index (χ1) is 16.0. The zero-order chi connectivity index (χ0) is 22.6. The number of nitrogens with one attached hydrogen (secondary N) is 3. The Morgan fingerprint density at radius 3 is 2.91 bits per heavy atom. The van der Waals surface area contributed by atoms with E-state index in [2.05, 4.69) is 20.9 Å². The number of aromatic nitrogens is 1. The quantitative estimate of drug-likeness (QED) is 0.661. The molecular weight excluding hydrogens is 424 g/mol. The van der Waals surface area contributed by atoms with Gasteiger partial charge < -0.3 is 30.2 Å².